The molecule has 0 aliphatic carbocycles. The first-order chi connectivity index (χ1) is 15.5. The summed E-state index contributed by atoms with van der Waals surface area (Å²) in [6.07, 6.45) is 0.902. The smallest absolute Gasteiger partial charge is 0.259 e. The maximum absolute atomic E-state index is 13.2. The fraction of sp³-hybridized carbons (Fsp3) is 0.238. The van der Waals surface area contributed by atoms with E-state index in [1.807, 2.05) is 6.92 Å². The number of aromatic nitrogens is 4. The molecule has 0 saturated heterocycles. The van der Waals surface area contributed by atoms with E-state index in [0.717, 1.165) is 5.56 Å². The third-order valence-corrected chi connectivity index (χ3v) is 6.07. The zero-order valence-electron chi connectivity index (χ0n) is 18.2. The Balaban J connectivity index is 1.89. The van der Waals surface area contributed by atoms with E-state index in [4.69, 9.17) is 25.9 Å². The molecule has 0 unspecified atom stereocenters. The molecule has 2 N–H and O–H groups in total. The molecule has 0 aliphatic heterocycles. The highest BCUT2D eigenvalue weighted by Gasteiger charge is 2.24. The van der Waals surface area contributed by atoms with Crippen molar-refractivity contribution in [1.29, 1.82) is 0 Å². The number of sulfonamides is 1. The molecule has 0 saturated carbocycles. The number of nitrogens with zero attached hydrogens (tertiary/aromatic N) is 4. The highest BCUT2D eigenvalue weighted by Crippen LogP contribution is 2.33. The number of fused-ring (bicyclic) bond motifs is 1. The Morgan fingerprint density at radius 1 is 1.24 bits per heavy atom. The summed E-state index contributed by atoms with van der Waals surface area (Å²) in [5.41, 5.74) is 2.21. The molecule has 0 radical (unpaired) electrons. The van der Waals surface area contributed by atoms with Crippen LogP contribution >= 0.6 is 11.6 Å². The fourth-order valence-corrected chi connectivity index (χ4v) is 4.34. The van der Waals surface area contributed by atoms with Crippen LogP contribution < -0.4 is 15.3 Å². The molecule has 33 heavy (non-hydrogen) atoms. The molecular formula is C21H20ClN5O5S. The van der Waals surface area contributed by atoms with Gasteiger partial charge in [-0.3, -0.25) is 9.48 Å². The van der Waals surface area contributed by atoms with Crippen LogP contribution in [-0.2, 0) is 17.1 Å². The van der Waals surface area contributed by atoms with E-state index in [0.29, 0.717) is 27.8 Å². The lowest BCUT2D eigenvalue weighted by Crippen LogP contribution is -2.17. The lowest BCUT2D eigenvalue weighted by atomic mass is 10.0. The molecule has 172 valence electrons. The van der Waals surface area contributed by atoms with Gasteiger partial charge in [0.25, 0.3) is 10.0 Å². The number of primary sulfonamides is 1. The average Bonchev–Trinajstić information content (AvgIpc) is 3.17. The Morgan fingerprint density at radius 2 is 1.97 bits per heavy atom. The largest absolute Gasteiger partial charge is 0.483 e. The van der Waals surface area contributed by atoms with Crippen molar-refractivity contribution in [3.8, 4) is 17.2 Å². The predicted molar refractivity (Wildman–Crippen MR) is 122 cm³/mol. The first-order valence-electron chi connectivity index (χ1n) is 9.76. The van der Waals surface area contributed by atoms with Crippen LogP contribution in [0, 0.1) is 13.8 Å². The van der Waals surface area contributed by atoms with Crippen LogP contribution in [-0.4, -0.2) is 28.4 Å². The lowest BCUT2D eigenvalue weighted by Gasteiger charge is -2.19. The second-order valence-corrected chi connectivity index (χ2v) is 9.50. The summed E-state index contributed by atoms with van der Waals surface area (Å²) in [5.74, 6) is 0.212. The van der Waals surface area contributed by atoms with Crippen LogP contribution in [0.2, 0.25) is 5.15 Å². The van der Waals surface area contributed by atoms with Gasteiger partial charge in [0, 0.05) is 18.2 Å². The second-order valence-electron chi connectivity index (χ2n) is 7.64. The number of hydrogen-bond acceptors (Lipinski definition) is 8. The number of pyridine rings is 1. The SMILES string of the molecule is Cc1cc([C@@H](C)Oc2ccc(Cl)nc2S(N)(=O)=O)c2oc(-c3cn(C)nn3)c(C)c(=O)c2c1. The summed E-state index contributed by atoms with van der Waals surface area (Å²) in [6, 6.07) is 6.29. The number of aryl methyl sites for hydroxylation is 2. The molecule has 4 rings (SSSR count). The van der Waals surface area contributed by atoms with Gasteiger partial charge in [-0.1, -0.05) is 16.8 Å². The highest BCUT2D eigenvalue weighted by molar-refractivity contribution is 7.89. The van der Waals surface area contributed by atoms with Gasteiger partial charge in [0.05, 0.1) is 11.6 Å². The Bertz CT molecular complexity index is 1560. The number of halogens is 1. The van der Waals surface area contributed by atoms with Gasteiger partial charge in [-0.2, -0.15) is 0 Å². The molecule has 4 aromatic rings. The molecule has 0 bridgehead atoms. The Hall–Kier alpha value is -3.28. The number of ether oxygens (including phenoxy) is 1. The Labute approximate surface area is 194 Å². The number of benzene rings is 1. The summed E-state index contributed by atoms with van der Waals surface area (Å²) in [7, 11) is -2.49. The molecule has 0 amide bonds. The van der Waals surface area contributed by atoms with E-state index >= 15 is 0 Å². The predicted octanol–water partition coefficient (Wildman–Crippen LogP) is 3.04. The Morgan fingerprint density at radius 3 is 2.61 bits per heavy atom. The van der Waals surface area contributed by atoms with Crippen LogP contribution in [0.3, 0.4) is 0 Å². The van der Waals surface area contributed by atoms with Crippen LogP contribution in [0.4, 0.5) is 0 Å². The van der Waals surface area contributed by atoms with Gasteiger partial charge in [0.1, 0.15) is 22.5 Å². The van der Waals surface area contributed by atoms with E-state index in [9.17, 15) is 13.2 Å². The molecule has 1 atom stereocenters. The van der Waals surface area contributed by atoms with E-state index in [2.05, 4.69) is 15.3 Å². The summed E-state index contributed by atoms with van der Waals surface area (Å²) >= 11 is 5.84. The first-order valence-corrected chi connectivity index (χ1v) is 11.7. The average molecular weight is 490 g/mol. The van der Waals surface area contributed by atoms with Gasteiger partial charge in [-0.25, -0.2) is 18.5 Å². The molecule has 1 aromatic carbocycles. The fourth-order valence-electron chi connectivity index (χ4n) is 3.52. The third kappa shape index (κ3) is 4.34. The molecule has 10 nitrogen and oxygen atoms in total. The summed E-state index contributed by atoms with van der Waals surface area (Å²) < 4.78 is 37.5. The van der Waals surface area contributed by atoms with E-state index in [-0.39, 0.29) is 22.1 Å². The van der Waals surface area contributed by atoms with Gasteiger partial charge < -0.3 is 9.15 Å². The molecule has 0 spiro atoms. The van der Waals surface area contributed by atoms with Gasteiger partial charge in [0.2, 0.25) is 5.03 Å². The van der Waals surface area contributed by atoms with E-state index in [1.54, 1.807) is 39.2 Å². The van der Waals surface area contributed by atoms with Crippen LogP contribution in [0.1, 0.15) is 29.7 Å². The van der Waals surface area contributed by atoms with Crippen LogP contribution in [0.15, 0.2) is 44.7 Å². The first kappa shape index (κ1) is 22.9. The van der Waals surface area contributed by atoms with Crippen molar-refractivity contribution in [2.75, 3.05) is 0 Å². The molecule has 0 fully saturated rings. The summed E-state index contributed by atoms with van der Waals surface area (Å²) in [4.78, 5) is 17.0. The molecule has 3 heterocycles. The maximum atomic E-state index is 13.2. The van der Waals surface area contributed by atoms with Crippen molar-refractivity contribution in [3.05, 3.63) is 62.5 Å². The topological polar surface area (TPSA) is 143 Å². The maximum Gasteiger partial charge on any atom is 0.259 e. The van der Waals surface area contributed by atoms with Gasteiger partial charge in [-0.15, -0.1) is 5.10 Å². The number of nitrogens with two attached hydrogens (primary N) is 1. The second kappa shape index (κ2) is 8.25. The highest BCUT2D eigenvalue weighted by atomic mass is 35.5. The standard InChI is InChI=1S/C21H20ClN5O5S/c1-10-7-13(12(3)31-16-5-6-17(22)24-21(16)33(23,29)30)20-14(8-10)18(28)11(2)19(32-20)15-9-27(4)26-25-15/h5-9,12H,1-4H3,(H2,23,29,30)/t12-/m1/s1. The molecule has 12 heteroatoms. The quantitative estimate of drug-likeness (QED) is 0.421. The molecule has 3 aromatic heterocycles. The normalized spacial score (nSPS) is 12.8. The minimum absolute atomic E-state index is 0.0462. The number of hydrogen-bond donors (Lipinski definition) is 1. The zero-order valence-corrected chi connectivity index (χ0v) is 19.7. The van der Waals surface area contributed by atoms with Crippen molar-refractivity contribution in [2.24, 2.45) is 12.2 Å². The van der Waals surface area contributed by atoms with Gasteiger partial charge in [-0.05, 0) is 50.6 Å². The van der Waals surface area contributed by atoms with E-state index in [1.165, 1.54) is 16.8 Å². The minimum atomic E-state index is -4.20. The Kier molecular flexibility index (Phi) is 5.72. The summed E-state index contributed by atoms with van der Waals surface area (Å²) in [6.45, 7) is 5.19. The van der Waals surface area contributed by atoms with Crippen LogP contribution in [0.25, 0.3) is 22.4 Å². The minimum Gasteiger partial charge on any atom is -0.483 e. The lowest BCUT2D eigenvalue weighted by molar-refractivity contribution is 0.219. The monoisotopic (exact) mass is 489 g/mol. The van der Waals surface area contributed by atoms with Crippen molar-refractivity contribution in [1.82, 2.24) is 20.0 Å². The number of rotatable bonds is 5. The van der Waals surface area contributed by atoms with Gasteiger partial charge >= 0.3 is 0 Å². The van der Waals surface area contributed by atoms with Crippen molar-refractivity contribution in [2.45, 2.75) is 31.9 Å². The molecular weight excluding hydrogens is 470 g/mol. The molecule has 0 aliphatic rings. The van der Waals surface area contributed by atoms with Crippen molar-refractivity contribution >= 4 is 32.6 Å². The van der Waals surface area contributed by atoms with Crippen LogP contribution in [0.5, 0.6) is 5.75 Å². The summed E-state index contributed by atoms with van der Waals surface area (Å²) in [5, 5.41) is 13.1. The van der Waals surface area contributed by atoms with E-state index < -0.39 is 21.2 Å². The van der Waals surface area contributed by atoms with Gasteiger partial charge in [0.15, 0.2) is 16.9 Å². The third-order valence-electron chi connectivity index (χ3n) is 5.03. The van der Waals surface area contributed by atoms with Crippen molar-refractivity contribution < 1.29 is 17.6 Å². The zero-order chi connectivity index (χ0) is 24.1. The van der Waals surface area contributed by atoms with Crippen molar-refractivity contribution in [3.63, 3.8) is 0 Å².